The first-order chi connectivity index (χ1) is 16.7. The van der Waals surface area contributed by atoms with Gasteiger partial charge in [0, 0.05) is 31.6 Å². The van der Waals surface area contributed by atoms with Crippen LogP contribution in [0.1, 0.15) is 61.6 Å². The molecule has 0 aliphatic carbocycles. The topological polar surface area (TPSA) is 146 Å². The second-order valence-electron chi connectivity index (χ2n) is 8.96. The number of hydrogen-bond acceptors (Lipinski definition) is 5. The number of carboxylic acid groups (broad SMARTS) is 1. The minimum atomic E-state index is -1.12. The van der Waals surface area contributed by atoms with Crippen LogP contribution in [0.15, 0.2) is 53.5 Å². The van der Waals surface area contributed by atoms with E-state index in [4.69, 9.17) is 11.1 Å². The number of aliphatic carboxylic acids is 1. The number of rotatable bonds is 13. The van der Waals surface area contributed by atoms with Gasteiger partial charge in [-0.3, -0.25) is 15.0 Å². The Labute approximate surface area is 205 Å². The summed E-state index contributed by atoms with van der Waals surface area (Å²) in [7, 11) is 0. The summed E-state index contributed by atoms with van der Waals surface area (Å²) < 4.78 is 0. The molecule has 5 N–H and O–H groups in total. The molecular formula is C27H32N4O4. The number of carbonyl (C=O) groups excluding carboxylic acids is 2. The summed E-state index contributed by atoms with van der Waals surface area (Å²) in [6, 6.07) is 13.6. The second-order valence-corrected chi connectivity index (χ2v) is 8.96. The maximum atomic E-state index is 12.8. The highest BCUT2D eigenvalue weighted by molar-refractivity contribution is 6.42. The van der Waals surface area contributed by atoms with Crippen LogP contribution in [-0.2, 0) is 27.2 Å². The molecule has 2 unspecified atom stereocenters. The quantitative estimate of drug-likeness (QED) is 0.198. The third kappa shape index (κ3) is 7.34. The molecule has 0 saturated carbocycles. The predicted molar refractivity (Wildman–Crippen MR) is 135 cm³/mol. The molecule has 0 spiro atoms. The van der Waals surface area contributed by atoms with Crippen molar-refractivity contribution in [2.75, 3.05) is 0 Å². The van der Waals surface area contributed by atoms with Crippen LogP contribution in [0.5, 0.6) is 0 Å². The van der Waals surface area contributed by atoms with Crippen molar-refractivity contribution in [2.24, 2.45) is 10.7 Å². The zero-order valence-electron chi connectivity index (χ0n) is 19.9. The highest BCUT2D eigenvalue weighted by Crippen LogP contribution is 2.34. The summed E-state index contributed by atoms with van der Waals surface area (Å²) in [6.45, 7) is 1.88. The van der Waals surface area contributed by atoms with Crippen LogP contribution in [0, 0.1) is 5.41 Å². The fraction of sp³-hybridized carbons (Fsp3) is 0.370. The Morgan fingerprint density at radius 2 is 1.69 bits per heavy atom. The lowest BCUT2D eigenvalue weighted by atomic mass is 9.97. The van der Waals surface area contributed by atoms with Gasteiger partial charge in [0.05, 0.1) is 11.5 Å². The van der Waals surface area contributed by atoms with E-state index in [1.54, 1.807) is 12.1 Å². The van der Waals surface area contributed by atoms with Gasteiger partial charge in [0.25, 0.3) is 5.91 Å². The average molecular weight is 477 g/mol. The number of aliphatic imine (C=N–C) groups is 1. The van der Waals surface area contributed by atoms with Crippen LogP contribution < -0.4 is 11.1 Å². The number of nitrogens with two attached hydrogens (primary N) is 1. The molecule has 0 radical (unpaired) electrons. The van der Waals surface area contributed by atoms with E-state index in [9.17, 15) is 19.5 Å². The molecular weight excluding hydrogens is 444 g/mol. The number of Topliss-reactive ketones (excluding diaryl/α,β-unsaturated/α-hetero) is 1. The van der Waals surface area contributed by atoms with E-state index < -0.39 is 17.9 Å². The van der Waals surface area contributed by atoms with Crippen molar-refractivity contribution in [1.29, 1.82) is 5.41 Å². The van der Waals surface area contributed by atoms with Crippen molar-refractivity contribution in [3.05, 3.63) is 65.2 Å². The van der Waals surface area contributed by atoms with E-state index >= 15 is 0 Å². The molecule has 2 aromatic carbocycles. The van der Waals surface area contributed by atoms with E-state index in [1.807, 2.05) is 43.3 Å². The van der Waals surface area contributed by atoms with Crippen LogP contribution >= 0.6 is 0 Å². The number of nitrogens with zero attached hydrogens (tertiary/aromatic N) is 1. The summed E-state index contributed by atoms with van der Waals surface area (Å²) >= 11 is 0. The third-order valence-corrected chi connectivity index (χ3v) is 6.16. The number of amides is 1. The Hall–Kier alpha value is -3.81. The maximum absolute atomic E-state index is 12.8. The van der Waals surface area contributed by atoms with E-state index in [2.05, 4.69) is 10.3 Å². The van der Waals surface area contributed by atoms with Gasteiger partial charge < -0.3 is 16.2 Å². The Bertz CT molecular complexity index is 1120. The summed E-state index contributed by atoms with van der Waals surface area (Å²) in [5, 5.41) is 19.5. The third-order valence-electron chi connectivity index (χ3n) is 6.16. The smallest absolute Gasteiger partial charge is 0.326 e. The number of amidine groups is 1. The van der Waals surface area contributed by atoms with Crippen molar-refractivity contribution in [3.8, 4) is 0 Å². The van der Waals surface area contributed by atoms with Crippen LogP contribution in [0.4, 0.5) is 5.69 Å². The molecule has 0 bridgehead atoms. The second kappa shape index (κ2) is 12.1. The van der Waals surface area contributed by atoms with Crippen LogP contribution in [-0.4, -0.2) is 40.4 Å². The summed E-state index contributed by atoms with van der Waals surface area (Å²) in [5.74, 6) is -1.48. The van der Waals surface area contributed by atoms with Crippen molar-refractivity contribution in [2.45, 2.75) is 63.8 Å². The van der Waals surface area contributed by atoms with E-state index in [0.29, 0.717) is 25.0 Å². The molecule has 2 atom stereocenters. The fourth-order valence-corrected chi connectivity index (χ4v) is 4.17. The van der Waals surface area contributed by atoms with Crippen LogP contribution in [0.2, 0.25) is 0 Å². The molecule has 1 aliphatic heterocycles. The Balaban J connectivity index is 1.51. The normalized spacial score (nSPS) is 15.1. The van der Waals surface area contributed by atoms with Crippen molar-refractivity contribution in [1.82, 2.24) is 5.32 Å². The van der Waals surface area contributed by atoms with Gasteiger partial charge >= 0.3 is 5.97 Å². The van der Waals surface area contributed by atoms with E-state index in [1.165, 1.54) is 0 Å². The van der Waals surface area contributed by atoms with E-state index in [0.717, 1.165) is 41.6 Å². The molecule has 3 rings (SSSR count). The lowest BCUT2D eigenvalue weighted by Gasteiger charge is -2.16. The first kappa shape index (κ1) is 25.8. The summed E-state index contributed by atoms with van der Waals surface area (Å²) in [5.41, 5.74) is 8.94. The first-order valence-corrected chi connectivity index (χ1v) is 11.9. The van der Waals surface area contributed by atoms with Gasteiger partial charge in [0.15, 0.2) is 0 Å². The number of nitrogens with one attached hydrogen (secondary N) is 2. The average Bonchev–Trinajstić information content (AvgIpc) is 3.16. The monoisotopic (exact) mass is 476 g/mol. The number of carboxylic acids is 1. The van der Waals surface area contributed by atoms with Crippen molar-refractivity contribution >= 4 is 34.9 Å². The SMILES string of the molecule is CC1C(C(=O)NC(Cc2ccc(CC(=O)CCCCCC(=N)N)cc2)C(=O)O)=Nc2ccccc21. The zero-order valence-corrected chi connectivity index (χ0v) is 19.9. The lowest BCUT2D eigenvalue weighted by molar-refractivity contribution is -0.141. The largest absolute Gasteiger partial charge is 0.480 e. The van der Waals surface area contributed by atoms with Crippen molar-refractivity contribution < 1.29 is 19.5 Å². The zero-order chi connectivity index (χ0) is 25.4. The minimum Gasteiger partial charge on any atom is -0.480 e. The number of para-hydroxylation sites is 1. The molecule has 2 aromatic rings. The highest BCUT2D eigenvalue weighted by atomic mass is 16.4. The predicted octanol–water partition coefficient (Wildman–Crippen LogP) is 3.69. The molecule has 1 heterocycles. The van der Waals surface area contributed by atoms with Crippen LogP contribution in [0.25, 0.3) is 0 Å². The van der Waals surface area contributed by atoms with Crippen molar-refractivity contribution in [3.63, 3.8) is 0 Å². The van der Waals surface area contributed by atoms with Gasteiger partial charge in [-0.15, -0.1) is 0 Å². The van der Waals surface area contributed by atoms with Gasteiger partial charge in [-0.2, -0.15) is 0 Å². The van der Waals surface area contributed by atoms with Gasteiger partial charge in [0.1, 0.15) is 17.5 Å². The molecule has 35 heavy (non-hydrogen) atoms. The highest BCUT2D eigenvalue weighted by Gasteiger charge is 2.30. The molecule has 8 nitrogen and oxygen atoms in total. The number of fused-ring (bicyclic) bond motifs is 1. The first-order valence-electron chi connectivity index (χ1n) is 11.9. The number of benzene rings is 2. The molecule has 0 saturated heterocycles. The number of ketones is 1. The number of carbonyl (C=O) groups is 3. The molecule has 0 aromatic heterocycles. The van der Waals surface area contributed by atoms with Gasteiger partial charge in [0.2, 0.25) is 0 Å². The maximum Gasteiger partial charge on any atom is 0.326 e. The minimum absolute atomic E-state index is 0.125. The Morgan fingerprint density at radius 3 is 2.34 bits per heavy atom. The lowest BCUT2D eigenvalue weighted by Crippen LogP contribution is -2.45. The summed E-state index contributed by atoms with van der Waals surface area (Å²) in [4.78, 5) is 41.2. The molecule has 1 amide bonds. The number of unbranched alkanes of at least 4 members (excludes halogenated alkanes) is 2. The van der Waals surface area contributed by atoms with Crippen LogP contribution in [0.3, 0.4) is 0 Å². The molecule has 8 heteroatoms. The molecule has 1 aliphatic rings. The Morgan fingerprint density at radius 1 is 1.03 bits per heavy atom. The van der Waals surface area contributed by atoms with Gasteiger partial charge in [-0.1, -0.05) is 55.8 Å². The van der Waals surface area contributed by atoms with E-state index in [-0.39, 0.29) is 24.0 Å². The standard InChI is InChI=1S/C27H32N4O4/c1-17-21-8-5-6-9-22(21)30-25(17)26(33)31-23(27(34)35)16-19-13-11-18(12-14-19)15-20(32)7-3-2-4-10-24(28)29/h5-6,8-9,11-14,17,23H,2-4,7,10,15-16H2,1H3,(H3,28,29)(H,31,33)(H,34,35). The molecule has 184 valence electrons. The fourth-order valence-electron chi connectivity index (χ4n) is 4.17. The molecule has 0 fully saturated rings. The Kier molecular flexibility index (Phi) is 8.89. The summed E-state index contributed by atoms with van der Waals surface area (Å²) in [6.07, 6.45) is 3.96. The number of hydrogen-bond donors (Lipinski definition) is 4. The van der Waals surface area contributed by atoms with Gasteiger partial charge in [-0.25, -0.2) is 9.79 Å². The van der Waals surface area contributed by atoms with Gasteiger partial charge in [-0.05, 0) is 35.6 Å².